The van der Waals surface area contributed by atoms with Crippen molar-refractivity contribution in [1.82, 2.24) is 14.9 Å². The number of carbonyl (C=O) groups is 1. The Morgan fingerprint density at radius 2 is 1.88 bits per heavy atom. The second-order valence-electron chi connectivity index (χ2n) is 6.89. The van der Waals surface area contributed by atoms with Gasteiger partial charge in [-0.15, -0.1) is 0 Å². The summed E-state index contributed by atoms with van der Waals surface area (Å²) < 4.78 is 26.7. The average molecular weight is 375 g/mol. The van der Waals surface area contributed by atoms with Crippen LogP contribution in [0.2, 0.25) is 0 Å². The van der Waals surface area contributed by atoms with Gasteiger partial charge in [-0.1, -0.05) is 49.6 Å². The number of hydrogen-bond donors (Lipinski definition) is 1. The van der Waals surface area contributed by atoms with Crippen molar-refractivity contribution in [2.45, 2.75) is 50.4 Å². The van der Waals surface area contributed by atoms with E-state index in [2.05, 4.69) is 10.3 Å². The number of amides is 1. The van der Waals surface area contributed by atoms with Crippen molar-refractivity contribution in [1.29, 1.82) is 0 Å². The fraction of sp³-hybridized carbons (Fsp3) is 0.474. The number of hydrogen-bond acceptors (Lipinski definition) is 4. The van der Waals surface area contributed by atoms with Gasteiger partial charge in [-0.2, -0.15) is 0 Å². The Bertz CT molecular complexity index is 825. The molecule has 1 aromatic carbocycles. The Morgan fingerprint density at radius 1 is 1.15 bits per heavy atom. The Labute approximate surface area is 154 Å². The minimum atomic E-state index is -3.56. The predicted octanol–water partition coefficient (Wildman–Crippen LogP) is 2.30. The number of benzene rings is 1. The molecule has 1 amide bonds. The summed E-state index contributed by atoms with van der Waals surface area (Å²) in [5.74, 6) is -0.663. The maximum Gasteiger partial charge on any atom is 0.235 e. The molecule has 0 aliphatic heterocycles. The first kappa shape index (κ1) is 18.6. The van der Waals surface area contributed by atoms with E-state index in [4.69, 9.17) is 0 Å². The van der Waals surface area contributed by atoms with E-state index in [1.165, 1.54) is 6.42 Å². The SMILES string of the molecule is O=C(CS(=O)(=O)Cc1nccn1Cc1ccccc1)NC1CCCCC1. The van der Waals surface area contributed by atoms with E-state index in [1.807, 2.05) is 34.9 Å². The molecule has 26 heavy (non-hydrogen) atoms. The Hall–Kier alpha value is -2.15. The van der Waals surface area contributed by atoms with Gasteiger partial charge < -0.3 is 9.88 Å². The average Bonchev–Trinajstić information content (AvgIpc) is 3.02. The van der Waals surface area contributed by atoms with Crippen LogP contribution in [0, 0.1) is 0 Å². The van der Waals surface area contributed by atoms with E-state index in [-0.39, 0.29) is 11.8 Å². The molecule has 0 spiro atoms. The van der Waals surface area contributed by atoms with Crippen molar-refractivity contribution in [3.05, 3.63) is 54.1 Å². The maximum absolute atomic E-state index is 12.4. The van der Waals surface area contributed by atoms with E-state index in [9.17, 15) is 13.2 Å². The molecule has 1 aliphatic carbocycles. The monoisotopic (exact) mass is 375 g/mol. The lowest BCUT2D eigenvalue weighted by Crippen LogP contribution is -2.39. The summed E-state index contributed by atoms with van der Waals surface area (Å²) in [5.41, 5.74) is 1.07. The third-order valence-electron chi connectivity index (χ3n) is 4.67. The van der Waals surface area contributed by atoms with Gasteiger partial charge in [-0.3, -0.25) is 4.79 Å². The predicted molar refractivity (Wildman–Crippen MR) is 100 cm³/mol. The molecule has 1 aliphatic rings. The largest absolute Gasteiger partial charge is 0.352 e. The maximum atomic E-state index is 12.4. The van der Waals surface area contributed by atoms with Crippen molar-refractivity contribution in [2.24, 2.45) is 0 Å². The smallest absolute Gasteiger partial charge is 0.235 e. The molecular weight excluding hydrogens is 350 g/mol. The van der Waals surface area contributed by atoms with Crippen LogP contribution >= 0.6 is 0 Å². The second-order valence-corrected chi connectivity index (χ2v) is 8.96. The fourth-order valence-electron chi connectivity index (χ4n) is 3.37. The van der Waals surface area contributed by atoms with Gasteiger partial charge in [0.2, 0.25) is 5.91 Å². The van der Waals surface area contributed by atoms with Crippen LogP contribution < -0.4 is 5.32 Å². The molecule has 1 aromatic heterocycles. The van der Waals surface area contributed by atoms with E-state index in [0.29, 0.717) is 12.4 Å². The lowest BCUT2D eigenvalue weighted by atomic mass is 9.95. The first-order valence-corrected chi connectivity index (χ1v) is 10.9. The van der Waals surface area contributed by atoms with Crippen LogP contribution in [-0.4, -0.2) is 35.7 Å². The van der Waals surface area contributed by atoms with Gasteiger partial charge in [-0.25, -0.2) is 13.4 Å². The Balaban J connectivity index is 1.59. The number of sulfone groups is 1. The van der Waals surface area contributed by atoms with Crippen molar-refractivity contribution < 1.29 is 13.2 Å². The molecule has 6 nitrogen and oxygen atoms in total. The van der Waals surface area contributed by atoms with Crippen LogP contribution in [-0.2, 0) is 26.9 Å². The molecule has 0 radical (unpaired) electrons. The third-order valence-corrected chi connectivity index (χ3v) is 6.07. The highest BCUT2D eigenvalue weighted by atomic mass is 32.2. The first-order chi connectivity index (χ1) is 12.5. The zero-order valence-corrected chi connectivity index (χ0v) is 15.6. The number of nitrogens with one attached hydrogen (secondary N) is 1. The number of nitrogens with zero attached hydrogens (tertiary/aromatic N) is 2. The number of imidazole rings is 1. The van der Waals surface area contributed by atoms with Crippen LogP contribution in [0.4, 0.5) is 0 Å². The first-order valence-electron chi connectivity index (χ1n) is 9.05. The molecule has 1 saturated carbocycles. The summed E-state index contributed by atoms with van der Waals surface area (Å²) in [4.78, 5) is 16.3. The normalized spacial score (nSPS) is 15.7. The summed E-state index contributed by atoms with van der Waals surface area (Å²) in [7, 11) is -3.56. The van der Waals surface area contributed by atoms with Gasteiger partial charge in [0.05, 0.1) is 0 Å². The minimum absolute atomic E-state index is 0.117. The topological polar surface area (TPSA) is 81.1 Å². The molecule has 3 rings (SSSR count). The summed E-state index contributed by atoms with van der Waals surface area (Å²) in [6.45, 7) is 0.556. The van der Waals surface area contributed by atoms with E-state index in [1.54, 1.807) is 12.4 Å². The van der Waals surface area contributed by atoms with Crippen molar-refractivity contribution in [2.75, 3.05) is 5.75 Å². The summed E-state index contributed by atoms with van der Waals surface area (Å²) in [5, 5.41) is 2.86. The summed E-state index contributed by atoms with van der Waals surface area (Å²) in [6, 6.07) is 9.90. The van der Waals surface area contributed by atoms with Gasteiger partial charge in [0.1, 0.15) is 17.3 Å². The molecule has 0 atom stereocenters. The molecule has 0 bridgehead atoms. The quantitative estimate of drug-likeness (QED) is 0.805. The van der Waals surface area contributed by atoms with Crippen LogP contribution in [0.1, 0.15) is 43.5 Å². The van der Waals surface area contributed by atoms with E-state index in [0.717, 1.165) is 31.2 Å². The molecule has 2 aromatic rings. The lowest BCUT2D eigenvalue weighted by molar-refractivity contribution is -0.119. The van der Waals surface area contributed by atoms with Crippen LogP contribution in [0.25, 0.3) is 0 Å². The number of rotatable bonds is 7. The second kappa shape index (κ2) is 8.49. The molecule has 1 heterocycles. The fourth-order valence-corrected chi connectivity index (χ4v) is 4.59. The highest BCUT2D eigenvalue weighted by Gasteiger charge is 2.22. The third kappa shape index (κ3) is 5.42. The van der Waals surface area contributed by atoms with Crippen LogP contribution in [0.15, 0.2) is 42.7 Å². The van der Waals surface area contributed by atoms with E-state index >= 15 is 0 Å². The molecule has 1 N–H and O–H groups in total. The molecule has 7 heteroatoms. The van der Waals surface area contributed by atoms with Crippen LogP contribution in [0.5, 0.6) is 0 Å². The van der Waals surface area contributed by atoms with Gasteiger partial charge >= 0.3 is 0 Å². The van der Waals surface area contributed by atoms with E-state index < -0.39 is 21.5 Å². The molecule has 140 valence electrons. The highest BCUT2D eigenvalue weighted by Crippen LogP contribution is 2.17. The van der Waals surface area contributed by atoms with Crippen molar-refractivity contribution in [3.8, 4) is 0 Å². The summed E-state index contributed by atoms with van der Waals surface area (Å²) in [6.07, 6.45) is 8.61. The molecule has 0 saturated heterocycles. The standard InChI is InChI=1S/C19H25N3O3S/c23-19(21-17-9-5-2-6-10-17)15-26(24,25)14-18-20-11-12-22(18)13-16-7-3-1-4-8-16/h1,3-4,7-8,11-12,17H,2,5-6,9-10,13-15H2,(H,21,23). The van der Waals surface area contributed by atoms with Gasteiger partial charge in [-0.05, 0) is 18.4 Å². The van der Waals surface area contributed by atoms with Crippen molar-refractivity contribution >= 4 is 15.7 Å². The lowest BCUT2D eigenvalue weighted by Gasteiger charge is -2.22. The van der Waals surface area contributed by atoms with Gasteiger partial charge in [0.25, 0.3) is 0 Å². The molecule has 1 fully saturated rings. The minimum Gasteiger partial charge on any atom is -0.352 e. The Kier molecular flexibility index (Phi) is 6.08. The highest BCUT2D eigenvalue weighted by molar-refractivity contribution is 7.91. The molecular formula is C19H25N3O3S. The number of aromatic nitrogens is 2. The zero-order valence-electron chi connectivity index (χ0n) is 14.8. The van der Waals surface area contributed by atoms with Crippen LogP contribution in [0.3, 0.4) is 0 Å². The number of carbonyl (C=O) groups excluding carboxylic acids is 1. The summed E-state index contributed by atoms with van der Waals surface area (Å²) >= 11 is 0. The molecule has 0 unspecified atom stereocenters. The van der Waals surface area contributed by atoms with Gasteiger partial charge in [0.15, 0.2) is 9.84 Å². The Morgan fingerprint density at radius 3 is 2.62 bits per heavy atom. The van der Waals surface area contributed by atoms with Crippen molar-refractivity contribution in [3.63, 3.8) is 0 Å². The zero-order chi connectivity index (χ0) is 18.4. The van der Waals surface area contributed by atoms with Gasteiger partial charge in [0, 0.05) is 25.0 Å².